The van der Waals surface area contributed by atoms with Crippen LogP contribution in [0.4, 0.5) is 5.69 Å². The molecule has 3 heterocycles. The van der Waals surface area contributed by atoms with Crippen molar-refractivity contribution < 1.29 is 19.1 Å². The number of Topliss-reactive ketones (excluding diaryl/α,β-unsaturated/α-hetero) is 1. The molecule has 7 nitrogen and oxygen atoms in total. The number of nitrogens with zero attached hydrogens (tertiary/aromatic N) is 2. The zero-order valence-electron chi connectivity index (χ0n) is 19.2. The first-order chi connectivity index (χ1) is 14.7. The van der Waals surface area contributed by atoms with E-state index in [9.17, 15) is 9.59 Å². The summed E-state index contributed by atoms with van der Waals surface area (Å²) in [4.78, 5) is 32.3. The Morgan fingerprint density at radius 2 is 2.06 bits per heavy atom. The molecule has 0 unspecified atom stereocenters. The second kappa shape index (κ2) is 8.41. The Hall–Kier alpha value is -2.15. The molecule has 1 atom stereocenters. The predicted molar refractivity (Wildman–Crippen MR) is 119 cm³/mol. The third-order valence-corrected chi connectivity index (χ3v) is 6.49. The molecule has 170 valence electrons. The fourth-order valence-corrected chi connectivity index (χ4v) is 4.24. The zero-order valence-corrected chi connectivity index (χ0v) is 19.2. The smallest absolute Gasteiger partial charge is 0.270 e. The van der Waals surface area contributed by atoms with Crippen molar-refractivity contribution in [2.24, 2.45) is 11.3 Å². The lowest BCUT2D eigenvalue weighted by Gasteiger charge is -2.58. The highest BCUT2D eigenvalue weighted by Crippen LogP contribution is 2.44. The van der Waals surface area contributed by atoms with Crippen molar-refractivity contribution in [3.05, 3.63) is 17.8 Å². The number of anilines is 1. The third-order valence-electron chi connectivity index (χ3n) is 6.49. The van der Waals surface area contributed by atoms with Gasteiger partial charge in [-0.15, -0.1) is 0 Å². The number of pyridine rings is 1. The highest BCUT2D eigenvalue weighted by molar-refractivity contribution is 5.97. The van der Waals surface area contributed by atoms with Gasteiger partial charge in [0.15, 0.2) is 5.78 Å². The number of carbonyl (C=O) groups excluding carboxylic acids is 2. The van der Waals surface area contributed by atoms with Gasteiger partial charge in [-0.25, -0.2) is 4.98 Å². The summed E-state index contributed by atoms with van der Waals surface area (Å²) in [5, 5.41) is 2.92. The van der Waals surface area contributed by atoms with Gasteiger partial charge in [0, 0.05) is 13.0 Å². The van der Waals surface area contributed by atoms with Gasteiger partial charge < -0.3 is 19.7 Å². The largest absolute Gasteiger partial charge is 0.476 e. The van der Waals surface area contributed by atoms with E-state index in [0.717, 1.165) is 31.9 Å². The van der Waals surface area contributed by atoms with E-state index in [2.05, 4.69) is 36.0 Å². The molecule has 1 amide bonds. The average Bonchev–Trinajstić information content (AvgIpc) is 3.47. The number of carbonyl (C=O) groups is 2. The number of ketones is 1. The predicted octanol–water partition coefficient (Wildman–Crippen LogP) is 3.36. The normalized spacial score (nSPS) is 20.6. The molecule has 3 aliphatic rings. The minimum atomic E-state index is -0.513. The molecule has 2 saturated heterocycles. The fourth-order valence-electron chi connectivity index (χ4n) is 4.24. The van der Waals surface area contributed by atoms with Gasteiger partial charge in [0.2, 0.25) is 5.88 Å². The molecule has 1 aromatic rings. The highest BCUT2D eigenvalue weighted by atomic mass is 16.5. The van der Waals surface area contributed by atoms with E-state index in [1.807, 2.05) is 13.0 Å². The summed E-state index contributed by atoms with van der Waals surface area (Å²) >= 11 is 0. The van der Waals surface area contributed by atoms with Crippen molar-refractivity contribution in [3.63, 3.8) is 0 Å². The molecule has 0 aromatic carbocycles. The number of hydrogen-bond donors (Lipinski definition) is 1. The van der Waals surface area contributed by atoms with Crippen molar-refractivity contribution in [3.8, 4) is 5.88 Å². The summed E-state index contributed by atoms with van der Waals surface area (Å²) in [5.74, 6) is 0.810. The van der Waals surface area contributed by atoms with Crippen LogP contribution in [0, 0.1) is 11.3 Å². The average molecular weight is 430 g/mol. The molecular formula is C24H35N3O4. The summed E-state index contributed by atoms with van der Waals surface area (Å²) < 4.78 is 11.5. The van der Waals surface area contributed by atoms with Crippen molar-refractivity contribution >= 4 is 17.4 Å². The zero-order chi connectivity index (χ0) is 22.2. The van der Waals surface area contributed by atoms with Crippen molar-refractivity contribution in [2.45, 2.75) is 71.4 Å². The molecule has 2 aliphatic heterocycles. The summed E-state index contributed by atoms with van der Waals surface area (Å²) in [6.07, 6.45) is 4.45. The van der Waals surface area contributed by atoms with Crippen LogP contribution < -0.4 is 15.0 Å². The second-order valence-electron chi connectivity index (χ2n) is 10.5. The molecule has 1 aromatic heterocycles. The minimum Gasteiger partial charge on any atom is -0.476 e. The summed E-state index contributed by atoms with van der Waals surface area (Å²) in [5.41, 5.74) is 1.21. The van der Waals surface area contributed by atoms with E-state index in [4.69, 9.17) is 9.47 Å². The van der Waals surface area contributed by atoms with E-state index >= 15 is 0 Å². The molecule has 0 bridgehead atoms. The molecule has 1 spiro atoms. The molecule has 1 saturated carbocycles. The molecule has 1 aliphatic carbocycles. The lowest BCUT2D eigenvalue weighted by Crippen LogP contribution is -2.71. The second-order valence-corrected chi connectivity index (χ2v) is 10.5. The molecule has 7 heteroatoms. The lowest BCUT2D eigenvalue weighted by molar-refractivity contribution is -0.121. The lowest BCUT2D eigenvalue weighted by atomic mass is 9.82. The fraction of sp³-hybridized carbons (Fsp3) is 0.708. The Balaban J connectivity index is 1.53. The first-order valence-electron chi connectivity index (χ1n) is 11.5. The molecule has 0 radical (unpaired) electrons. The molecule has 1 N–H and O–H groups in total. The van der Waals surface area contributed by atoms with Gasteiger partial charge in [0.05, 0.1) is 31.4 Å². The Labute approximate surface area is 184 Å². The summed E-state index contributed by atoms with van der Waals surface area (Å²) in [6, 6.07) is 3.16. The maximum absolute atomic E-state index is 13.0. The van der Waals surface area contributed by atoms with Gasteiger partial charge in [0.1, 0.15) is 11.4 Å². The van der Waals surface area contributed by atoms with Crippen LogP contribution in [0.25, 0.3) is 0 Å². The first-order valence-corrected chi connectivity index (χ1v) is 11.5. The number of amides is 1. The van der Waals surface area contributed by atoms with Gasteiger partial charge in [-0.1, -0.05) is 27.7 Å². The Bertz CT molecular complexity index is 834. The number of ether oxygens (including phenoxy) is 2. The van der Waals surface area contributed by atoms with E-state index in [1.165, 1.54) is 12.8 Å². The number of hydrogen-bond acceptors (Lipinski definition) is 6. The standard InChI is InChI=1S/C24H35N3O4/c1-5-20(28)18(12-23(2,3)4)25-21(29)17-8-9-19(22(26-17)31-13-16-6-7-16)27-11-10-24(27)14-30-15-24/h8-9,16,18H,5-7,10-15H2,1-4H3,(H,25,29)/t18-/m0/s1. The van der Waals surface area contributed by atoms with Crippen LogP contribution in [0.5, 0.6) is 5.88 Å². The van der Waals surface area contributed by atoms with Gasteiger partial charge in [-0.2, -0.15) is 0 Å². The number of aromatic nitrogens is 1. The van der Waals surface area contributed by atoms with Crippen LogP contribution in [0.2, 0.25) is 0 Å². The van der Waals surface area contributed by atoms with Crippen LogP contribution in [0.15, 0.2) is 12.1 Å². The van der Waals surface area contributed by atoms with Gasteiger partial charge in [0.25, 0.3) is 5.91 Å². The topological polar surface area (TPSA) is 80.8 Å². The van der Waals surface area contributed by atoms with Crippen LogP contribution >= 0.6 is 0 Å². The summed E-state index contributed by atoms with van der Waals surface area (Å²) in [6.45, 7) is 11.1. The Morgan fingerprint density at radius 3 is 2.58 bits per heavy atom. The SMILES string of the molecule is CCC(=O)[C@H](CC(C)(C)C)NC(=O)c1ccc(N2CCC23COC3)c(OCC2CC2)n1. The third kappa shape index (κ3) is 4.86. The van der Waals surface area contributed by atoms with E-state index in [-0.39, 0.29) is 28.3 Å². The quantitative estimate of drug-likeness (QED) is 0.648. The van der Waals surface area contributed by atoms with Crippen molar-refractivity contribution in [2.75, 3.05) is 31.3 Å². The maximum atomic E-state index is 13.0. The Kier molecular flexibility index (Phi) is 5.99. The molecule has 31 heavy (non-hydrogen) atoms. The highest BCUT2D eigenvalue weighted by Gasteiger charge is 2.51. The van der Waals surface area contributed by atoms with Gasteiger partial charge in [-0.3, -0.25) is 9.59 Å². The number of rotatable bonds is 9. The monoisotopic (exact) mass is 429 g/mol. The van der Waals surface area contributed by atoms with Gasteiger partial charge >= 0.3 is 0 Å². The van der Waals surface area contributed by atoms with Crippen molar-refractivity contribution in [1.29, 1.82) is 0 Å². The summed E-state index contributed by atoms with van der Waals surface area (Å²) in [7, 11) is 0. The van der Waals surface area contributed by atoms with E-state index in [1.54, 1.807) is 6.07 Å². The van der Waals surface area contributed by atoms with Gasteiger partial charge in [-0.05, 0) is 49.1 Å². The molecular weight excluding hydrogens is 394 g/mol. The minimum absolute atomic E-state index is 0.0395. The Morgan fingerprint density at radius 1 is 1.32 bits per heavy atom. The molecule has 4 rings (SSSR count). The maximum Gasteiger partial charge on any atom is 0.270 e. The number of nitrogens with one attached hydrogen (secondary N) is 1. The van der Waals surface area contributed by atoms with Crippen LogP contribution in [-0.2, 0) is 9.53 Å². The van der Waals surface area contributed by atoms with E-state index < -0.39 is 6.04 Å². The van der Waals surface area contributed by atoms with Crippen LogP contribution in [0.1, 0.15) is 70.3 Å². The molecule has 3 fully saturated rings. The van der Waals surface area contributed by atoms with Crippen LogP contribution in [-0.4, -0.2) is 54.6 Å². The first kappa shape index (κ1) is 22.1. The van der Waals surface area contributed by atoms with Crippen molar-refractivity contribution in [1.82, 2.24) is 10.3 Å². The van der Waals surface area contributed by atoms with E-state index in [0.29, 0.717) is 31.2 Å². The van der Waals surface area contributed by atoms with Crippen LogP contribution in [0.3, 0.4) is 0 Å².